The van der Waals surface area contributed by atoms with Gasteiger partial charge in [-0.2, -0.15) is 0 Å². The molecule has 4 aromatic rings. The van der Waals surface area contributed by atoms with Crippen molar-refractivity contribution < 1.29 is 9.53 Å². The van der Waals surface area contributed by atoms with Crippen molar-refractivity contribution in [3.05, 3.63) is 95.7 Å². The average molecular weight is 482 g/mol. The number of imidazole rings is 1. The van der Waals surface area contributed by atoms with Gasteiger partial charge in [-0.1, -0.05) is 87.5 Å². The summed E-state index contributed by atoms with van der Waals surface area (Å²) in [7, 11) is 1.64. The third kappa shape index (κ3) is 5.20. The van der Waals surface area contributed by atoms with E-state index >= 15 is 0 Å². The molecule has 3 aromatic carbocycles. The van der Waals surface area contributed by atoms with Gasteiger partial charge in [0.15, 0.2) is 0 Å². The van der Waals surface area contributed by atoms with E-state index in [2.05, 4.69) is 50.4 Å². The lowest BCUT2D eigenvalue weighted by Gasteiger charge is -2.19. The number of rotatable bonds is 7. The molecule has 5 heteroatoms. The van der Waals surface area contributed by atoms with Gasteiger partial charge >= 0.3 is 0 Å². The quantitative estimate of drug-likeness (QED) is 0.308. The summed E-state index contributed by atoms with van der Waals surface area (Å²) in [5.74, 6) is 1.39. The standard InChI is InChI=1S/C31H35N3O2/c1-7-34-28(30(35)32-21(2)24-14-11-15-26(20-24)36-6)27(33-29(34)23-12-9-8-10-13-23)22-16-18-25(19-17-22)31(3,4)5/h8-21H,7H2,1-6H3,(H,32,35)/t21-/m0/s1. The molecule has 0 aliphatic rings. The first-order valence-corrected chi connectivity index (χ1v) is 12.4. The molecule has 1 heterocycles. The molecule has 0 bridgehead atoms. The second kappa shape index (κ2) is 10.4. The van der Waals surface area contributed by atoms with E-state index in [9.17, 15) is 4.79 Å². The molecule has 0 aliphatic carbocycles. The van der Waals surface area contributed by atoms with E-state index in [1.165, 1.54) is 5.56 Å². The first-order chi connectivity index (χ1) is 17.2. The fraction of sp³-hybridized carbons (Fsp3) is 0.290. The number of carbonyl (C=O) groups excluding carboxylic acids is 1. The van der Waals surface area contributed by atoms with E-state index in [-0.39, 0.29) is 17.4 Å². The van der Waals surface area contributed by atoms with E-state index < -0.39 is 0 Å². The number of hydrogen-bond acceptors (Lipinski definition) is 3. The van der Waals surface area contributed by atoms with Crippen molar-refractivity contribution in [1.82, 2.24) is 14.9 Å². The first kappa shape index (κ1) is 25.2. The van der Waals surface area contributed by atoms with Crippen molar-refractivity contribution in [3.8, 4) is 28.4 Å². The number of benzene rings is 3. The summed E-state index contributed by atoms with van der Waals surface area (Å²) in [5.41, 5.74) is 5.41. The predicted molar refractivity (Wildman–Crippen MR) is 146 cm³/mol. The van der Waals surface area contributed by atoms with Gasteiger partial charge in [-0.3, -0.25) is 4.79 Å². The molecule has 5 nitrogen and oxygen atoms in total. The average Bonchev–Trinajstić information content (AvgIpc) is 3.28. The molecule has 0 saturated carbocycles. The fourth-order valence-corrected chi connectivity index (χ4v) is 4.39. The van der Waals surface area contributed by atoms with Crippen LogP contribution in [-0.2, 0) is 12.0 Å². The molecule has 1 atom stereocenters. The molecular formula is C31H35N3O2. The number of nitrogens with one attached hydrogen (secondary N) is 1. The van der Waals surface area contributed by atoms with Crippen LogP contribution in [-0.4, -0.2) is 22.6 Å². The lowest BCUT2D eigenvalue weighted by Crippen LogP contribution is -2.29. The van der Waals surface area contributed by atoms with Gasteiger partial charge in [0.05, 0.1) is 13.2 Å². The number of hydrogen-bond donors (Lipinski definition) is 1. The van der Waals surface area contributed by atoms with Crippen molar-refractivity contribution in [2.45, 2.75) is 52.6 Å². The second-order valence-corrected chi connectivity index (χ2v) is 10.0. The Bertz CT molecular complexity index is 1330. The smallest absolute Gasteiger partial charge is 0.270 e. The summed E-state index contributed by atoms with van der Waals surface area (Å²) in [6.07, 6.45) is 0. The van der Waals surface area contributed by atoms with Crippen LogP contribution >= 0.6 is 0 Å². The van der Waals surface area contributed by atoms with Crippen LogP contribution in [0.25, 0.3) is 22.6 Å². The molecule has 1 aromatic heterocycles. The zero-order valence-corrected chi connectivity index (χ0v) is 22.0. The van der Waals surface area contributed by atoms with Crippen LogP contribution in [0.15, 0.2) is 78.9 Å². The van der Waals surface area contributed by atoms with Gasteiger partial charge in [-0.15, -0.1) is 0 Å². The molecule has 0 unspecified atom stereocenters. The maximum absolute atomic E-state index is 13.8. The first-order valence-electron chi connectivity index (χ1n) is 12.4. The Morgan fingerprint density at radius 3 is 2.28 bits per heavy atom. The number of aromatic nitrogens is 2. The number of carbonyl (C=O) groups is 1. The second-order valence-electron chi connectivity index (χ2n) is 10.0. The SMILES string of the molecule is CCn1c(-c2ccccc2)nc(-c2ccc(C(C)(C)C)cc2)c1C(=O)N[C@@H](C)c1cccc(OC)c1. The van der Waals surface area contributed by atoms with Gasteiger partial charge in [0.2, 0.25) is 0 Å². The summed E-state index contributed by atoms with van der Waals surface area (Å²) >= 11 is 0. The van der Waals surface area contributed by atoms with Crippen LogP contribution in [0, 0.1) is 0 Å². The predicted octanol–water partition coefficient (Wildman–Crippen LogP) is 7.03. The minimum atomic E-state index is -0.205. The Hall–Kier alpha value is -3.86. The van der Waals surface area contributed by atoms with E-state index in [1.807, 2.05) is 73.0 Å². The Labute approximate surface area is 214 Å². The monoisotopic (exact) mass is 481 g/mol. The minimum Gasteiger partial charge on any atom is -0.497 e. The van der Waals surface area contributed by atoms with E-state index in [0.717, 1.165) is 28.3 Å². The summed E-state index contributed by atoms with van der Waals surface area (Å²) in [4.78, 5) is 18.8. The molecule has 0 fully saturated rings. The molecule has 0 radical (unpaired) electrons. The van der Waals surface area contributed by atoms with Crippen LogP contribution in [0.4, 0.5) is 0 Å². The van der Waals surface area contributed by atoms with Gasteiger partial charge in [0.1, 0.15) is 23.0 Å². The highest BCUT2D eigenvalue weighted by Crippen LogP contribution is 2.32. The van der Waals surface area contributed by atoms with Crippen molar-refractivity contribution in [1.29, 1.82) is 0 Å². The summed E-state index contributed by atoms with van der Waals surface area (Å²) in [6, 6.07) is 26.0. The summed E-state index contributed by atoms with van der Waals surface area (Å²) in [6.45, 7) is 11.2. The van der Waals surface area contributed by atoms with Gasteiger partial charge in [0, 0.05) is 17.7 Å². The molecule has 0 spiro atoms. The van der Waals surface area contributed by atoms with Crippen LogP contribution < -0.4 is 10.1 Å². The largest absolute Gasteiger partial charge is 0.497 e. The van der Waals surface area contributed by atoms with Gasteiger partial charge < -0.3 is 14.6 Å². The van der Waals surface area contributed by atoms with Crippen molar-refractivity contribution in [2.75, 3.05) is 7.11 Å². The molecule has 0 aliphatic heterocycles. The number of ether oxygens (including phenoxy) is 1. The normalized spacial score (nSPS) is 12.3. The maximum Gasteiger partial charge on any atom is 0.270 e. The van der Waals surface area contributed by atoms with Gasteiger partial charge in [0.25, 0.3) is 5.91 Å². The van der Waals surface area contributed by atoms with Crippen LogP contribution in [0.2, 0.25) is 0 Å². The molecule has 1 N–H and O–H groups in total. The molecular weight excluding hydrogens is 446 g/mol. The van der Waals surface area contributed by atoms with Crippen molar-refractivity contribution in [3.63, 3.8) is 0 Å². The number of methoxy groups -OCH3 is 1. The molecule has 1 amide bonds. The zero-order chi connectivity index (χ0) is 25.9. The highest BCUT2D eigenvalue weighted by Gasteiger charge is 2.26. The Morgan fingerprint density at radius 1 is 0.972 bits per heavy atom. The fourth-order valence-electron chi connectivity index (χ4n) is 4.39. The van der Waals surface area contributed by atoms with Crippen LogP contribution in [0.3, 0.4) is 0 Å². The zero-order valence-electron chi connectivity index (χ0n) is 22.0. The Balaban J connectivity index is 1.79. The highest BCUT2D eigenvalue weighted by molar-refractivity contribution is 5.99. The number of amides is 1. The third-order valence-corrected chi connectivity index (χ3v) is 6.50. The van der Waals surface area contributed by atoms with Crippen molar-refractivity contribution in [2.24, 2.45) is 0 Å². The van der Waals surface area contributed by atoms with E-state index in [1.54, 1.807) is 7.11 Å². The molecule has 36 heavy (non-hydrogen) atoms. The molecule has 186 valence electrons. The van der Waals surface area contributed by atoms with Gasteiger partial charge in [-0.05, 0) is 42.5 Å². The van der Waals surface area contributed by atoms with Crippen LogP contribution in [0.5, 0.6) is 5.75 Å². The minimum absolute atomic E-state index is 0.0445. The maximum atomic E-state index is 13.8. The van der Waals surface area contributed by atoms with E-state index in [0.29, 0.717) is 17.9 Å². The topological polar surface area (TPSA) is 56.2 Å². The van der Waals surface area contributed by atoms with Crippen molar-refractivity contribution >= 4 is 5.91 Å². The lowest BCUT2D eigenvalue weighted by atomic mass is 9.86. The van der Waals surface area contributed by atoms with Crippen LogP contribution in [0.1, 0.15) is 62.3 Å². The highest BCUT2D eigenvalue weighted by atomic mass is 16.5. The summed E-state index contributed by atoms with van der Waals surface area (Å²) in [5, 5.41) is 3.19. The lowest BCUT2D eigenvalue weighted by molar-refractivity contribution is 0.0931. The number of nitrogens with zero attached hydrogens (tertiary/aromatic N) is 2. The third-order valence-electron chi connectivity index (χ3n) is 6.50. The molecule has 4 rings (SSSR count). The van der Waals surface area contributed by atoms with Gasteiger partial charge in [-0.25, -0.2) is 4.98 Å². The van der Waals surface area contributed by atoms with E-state index in [4.69, 9.17) is 9.72 Å². The Kier molecular flexibility index (Phi) is 7.30. The Morgan fingerprint density at radius 2 is 1.67 bits per heavy atom. The summed E-state index contributed by atoms with van der Waals surface area (Å²) < 4.78 is 7.38. The molecule has 0 saturated heterocycles.